The normalized spacial score (nSPS) is 24.9. The minimum atomic E-state index is -0.00393. The Morgan fingerprint density at radius 2 is 2.10 bits per heavy atom. The maximum absolute atomic E-state index is 5.76. The van der Waals surface area contributed by atoms with Gasteiger partial charge in [0.1, 0.15) is 0 Å². The molecular formula is C18H30N2O. The van der Waals surface area contributed by atoms with Crippen molar-refractivity contribution in [3.8, 4) is 0 Å². The molecule has 3 heteroatoms. The first-order valence-corrected chi connectivity index (χ1v) is 8.23. The van der Waals surface area contributed by atoms with Crippen LogP contribution < -0.4 is 5.32 Å². The number of nitrogens with one attached hydrogen (secondary N) is 1. The number of likely N-dealkylation sites (tertiary alicyclic amines) is 1. The Labute approximate surface area is 129 Å². The fraction of sp³-hybridized carbons (Fsp3) is 0.667. The molecule has 1 aliphatic heterocycles. The van der Waals surface area contributed by atoms with Crippen molar-refractivity contribution >= 4 is 0 Å². The summed E-state index contributed by atoms with van der Waals surface area (Å²) >= 11 is 0. The Bertz CT molecular complexity index is 409. The third kappa shape index (κ3) is 4.53. The van der Waals surface area contributed by atoms with Gasteiger partial charge in [-0.05, 0) is 44.8 Å². The molecule has 0 aliphatic carbocycles. The summed E-state index contributed by atoms with van der Waals surface area (Å²) in [4.78, 5) is 2.59. The van der Waals surface area contributed by atoms with Crippen LogP contribution in [0, 0.1) is 0 Å². The standard InChI is InChI=1S/C18H30N2O/c1-4-12-19-14-17(16-9-6-5-7-10-16)20-13-8-11-18(2,15-20)21-3/h5-7,9-10,17,19H,4,8,11-15H2,1-3H3. The van der Waals surface area contributed by atoms with Gasteiger partial charge >= 0.3 is 0 Å². The second-order valence-corrected chi connectivity index (χ2v) is 6.36. The van der Waals surface area contributed by atoms with Crippen molar-refractivity contribution in [2.24, 2.45) is 0 Å². The summed E-state index contributed by atoms with van der Waals surface area (Å²) in [7, 11) is 1.84. The van der Waals surface area contributed by atoms with Gasteiger partial charge in [0.2, 0.25) is 0 Å². The summed E-state index contributed by atoms with van der Waals surface area (Å²) in [5, 5.41) is 3.59. The van der Waals surface area contributed by atoms with E-state index in [9.17, 15) is 0 Å². The second-order valence-electron chi connectivity index (χ2n) is 6.36. The molecule has 0 radical (unpaired) electrons. The van der Waals surface area contributed by atoms with E-state index in [4.69, 9.17) is 4.74 Å². The molecule has 118 valence electrons. The van der Waals surface area contributed by atoms with Crippen molar-refractivity contribution < 1.29 is 4.74 Å². The van der Waals surface area contributed by atoms with Crippen molar-refractivity contribution in [3.05, 3.63) is 35.9 Å². The molecule has 0 aromatic heterocycles. The van der Waals surface area contributed by atoms with E-state index < -0.39 is 0 Å². The molecule has 1 aromatic rings. The van der Waals surface area contributed by atoms with Crippen molar-refractivity contribution in [2.45, 2.75) is 44.8 Å². The lowest BCUT2D eigenvalue weighted by molar-refractivity contribution is -0.0615. The molecule has 21 heavy (non-hydrogen) atoms. The van der Waals surface area contributed by atoms with Gasteiger partial charge < -0.3 is 10.1 Å². The first-order chi connectivity index (χ1) is 10.2. The van der Waals surface area contributed by atoms with E-state index in [1.54, 1.807) is 0 Å². The lowest BCUT2D eigenvalue weighted by Crippen LogP contribution is -2.50. The number of nitrogens with zero attached hydrogens (tertiary/aromatic N) is 1. The summed E-state index contributed by atoms with van der Waals surface area (Å²) in [6.45, 7) is 8.72. The molecule has 1 heterocycles. The van der Waals surface area contributed by atoms with Gasteiger partial charge in [0.05, 0.1) is 5.60 Å². The molecule has 0 amide bonds. The quantitative estimate of drug-likeness (QED) is 0.780. The molecule has 2 atom stereocenters. The Morgan fingerprint density at radius 1 is 1.33 bits per heavy atom. The molecule has 2 unspecified atom stereocenters. The third-order valence-corrected chi connectivity index (χ3v) is 4.57. The van der Waals surface area contributed by atoms with Crippen LogP contribution in [0.1, 0.15) is 44.7 Å². The second kappa shape index (κ2) is 7.92. The number of benzene rings is 1. The Morgan fingerprint density at radius 3 is 2.76 bits per heavy atom. The van der Waals surface area contributed by atoms with Gasteiger partial charge in [-0.15, -0.1) is 0 Å². The molecule has 1 fully saturated rings. The van der Waals surface area contributed by atoms with Crippen molar-refractivity contribution in [1.82, 2.24) is 10.2 Å². The molecule has 3 nitrogen and oxygen atoms in total. The van der Waals surface area contributed by atoms with Gasteiger partial charge in [-0.3, -0.25) is 4.90 Å². The SMILES string of the molecule is CCCNCC(c1ccccc1)N1CCCC(C)(OC)C1. The average Bonchev–Trinajstić information content (AvgIpc) is 2.52. The lowest BCUT2D eigenvalue weighted by atomic mass is 9.92. The molecule has 1 aromatic carbocycles. The topological polar surface area (TPSA) is 24.5 Å². The van der Waals surface area contributed by atoms with Gasteiger partial charge in [0.25, 0.3) is 0 Å². The highest BCUT2D eigenvalue weighted by atomic mass is 16.5. The molecule has 2 rings (SSSR count). The molecular weight excluding hydrogens is 260 g/mol. The molecule has 1 saturated heterocycles. The van der Waals surface area contributed by atoms with Crippen LogP contribution in [0.2, 0.25) is 0 Å². The van der Waals surface area contributed by atoms with Gasteiger partial charge in [-0.1, -0.05) is 37.3 Å². The predicted molar refractivity (Wildman–Crippen MR) is 88.6 cm³/mol. The maximum Gasteiger partial charge on any atom is 0.0777 e. The van der Waals surface area contributed by atoms with Gasteiger partial charge in [0.15, 0.2) is 0 Å². The van der Waals surface area contributed by atoms with Crippen LogP contribution in [0.25, 0.3) is 0 Å². The van der Waals surface area contributed by atoms with Crippen LogP contribution in [0.5, 0.6) is 0 Å². The van der Waals surface area contributed by atoms with E-state index in [0.29, 0.717) is 6.04 Å². The Balaban J connectivity index is 2.11. The number of ether oxygens (including phenoxy) is 1. The number of hydrogen-bond donors (Lipinski definition) is 1. The van der Waals surface area contributed by atoms with E-state index in [0.717, 1.165) is 32.6 Å². The minimum absolute atomic E-state index is 0.00393. The first-order valence-electron chi connectivity index (χ1n) is 8.23. The van der Waals surface area contributed by atoms with Crippen LogP contribution >= 0.6 is 0 Å². The summed E-state index contributed by atoms with van der Waals surface area (Å²) in [6.07, 6.45) is 3.54. The summed E-state index contributed by atoms with van der Waals surface area (Å²) in [5.41, 5.74) is 1.40. The first kappa shape index (κ1) is 16.5. The van der Waals surface area contributed by atoms with Crippen LogP contribution in [0.15, 0.2) is 30.3 Å². The predicted octanol–water partition coefficient (Wildman–Crippen LogP) is 3.23. The number of methoxy groups -OCH3 is 1. The zero-order chi connectivity index (χ0) is 15.1. The fourth-order valence-electron chi connectivity index (χ4n) is 3.22. The van der Waals surface area contributed by atoms with E-state index >= 15 is 0 Å². The number of piperidine rings is 1. The Hall–Kier alpha value is -0.900. The maximum atomic E-state index is 5.76. The smallest absolute Gasteiger partial charge is 0.0777 e. The van der Waals surface area contributed by atoms with Crippen LogP contribution in [0.3, 0.4) is 0 Å². The van der Waals surface area contributed by atoms with E-state index in [2.05, 4.69) is 54.4 Å². The zero-order valence-corrected chi connectivity index (χ0v) is 13.8. The van der Waals surface area contributed by atoms with Crippen molar-refractivity contribution in [1.29, 1.82) is 0 Å². The minimum Gasteiger partial charge on any atom is -0.377 e. The number of rotatable bonds is 7. The molecule has 0 saturated carbocycles. The molecule has 0 bridgehead atoms. The van der Waals surface area contributed by atoms with E-state index in [1.165, 1.54) is 18.4 Å². The van der Waals surface area contributed by atoms with Crippen LogP contribution in [0.4, 0.5) is 0 Å². The number of hydrogen-bond acceptors (Lipinski definition) is 3. The van der Waals surface area contributed by atoms with E-state index in [-0.39, 0.29) is 5.60 Å². The molecule has 1 N–H and O–H groups in total. The van der Waals surface area contributed by atoms with Gasteiger partial charge in [-0.25, -0.2) is 0 Å². The summed E-state index contributed by atoms with van der Waals surface area (Å²) in [5.74, 6) is 0. The van der Waals surface area contributed by atoms with Crippen molar-refractivity contribution in [3.63, 3.8) is 0 Å². The van der Waals surface area contributed by atoms with E-state index in [1.807, 2.05) is 7.11 Å². The molecule has 1 aliphatic rings. The molecule has 0 spiro atoms. The van der Waals surface area contributed by atoms with Gasteiger partial charge in [0, 0.05) is 26.2 Å². The van der Waals surface area contributed by atoms with Crippen LogP contribution in [-0.4, -0.2) is 43.8 Å². The summed E-state index contributed by atoms with van der Waals surface area (Å²) in [6, 6.07) is 11.3. The highest BCUT2D eigenvalue weighted by Crippen LogP contribution is 2.30. The Kier molecular flexibility index (Phi) is 6.22. The monoisotopic (exact) mass is 290 g/mol. The average molecular weight is 290 g/mol. The zero-order valence-electron chi connectivity index (χ0n) is 13.8. The van der Waals surface area contributed by atoms with Crippen LogP contribution in [-0.2, 0) is 4.74 Å². The lowest BCUT2D eigenvalue weighted by Gasteiger charge is -2.43. The summed E-state index contributed by atoms with van der Waals surface area (Å²) < 4.78 is 5.76. The highest BCUT2D eigenvalue weighted by Gasteiger charge is 2.34. The fourth-order valence-corrected chi connectivity index (χ4v) is 3.22. The largest absolute Gasteiger partial charge is 0.377 e. The highest BCUT2D eigenvalue weighted by molar-refractivity contribution is 5.20. The third-order valence-electron chi connectivity index (χ3n) is 4.57. The van der Waals surface area contributed by atoms with Gasteiger partial charge in [-0.2, -0.15) is 0 Å². The van der Waals surface area contributed by atoms with Crippen molar-refractivity contribution in [2.75, 3.05) is 33.3 Å².